The van der Waals surface area contributed by atoms with Crippen molar-refractivity contribution in [3.8, 4) is 22.6 Å². The third kappa shape index (κ3) is 9.18. The summed E-state index contributed by atoms with van der Waals surface area (Å²) in [4.78, 5) is 54.3. The Morgan fingerprint density at radius 2 is 1.80 bits per heavy atom. The molecule has 0 spiro atoms. The van der Waals surface area contributed by atoms with Gasteiger partial charge < -0.3 is 60.8 Å². The number of hydrogen-bond donors (Lipinski definition) is 9. The maximum atomic E-state index is 13.7. The molecule has 0 saturated carbocycles. The van der Waals surface area contributed by atoms with Crippen LogP contribution in [-0.2, 0) is 20.7 Å². The van der Waals surface area contributed by atoms with Crippen LogP contribution >= 0.6 is 0 Å². The van der Waals surface area contributed by atoms with E-state index in [4.69, 9.17) is 19.6 Å². The number of aromatic nitrogens is 1. The fourth-order valence-electron chi connectivity index (χ4n) is 7.61. The minimum Gasteiger partial charge on any atom is -0.508 e. The summed E-state index contributed by atoms with van der Waals surface area (Å²) in [7, 11) is 1.86. The lowest BCUT2D eigenvalue weighted by molar-refractivity contribution is -0.334. The average Bonchev–Trinajstić information content (AvgIpc) is 3.76. The number of aliphatic hydroxyl groups is 3. The summed E-state index contributed by atoms with van der Waals surface area (Å²) < 4.78 is 17.4. The number of allylic oxidation sites excluding steroid dienone is 1. The van der Waals surface area contributed by atoms with Gasteiger partial charge in [-0.05, 0) is 98.3 Å². The molecule has 3 heterocycles. The van der Waals surface area contributed by atoms with Gasteiger partial charge in [-0.2, -0.15) is 0 Å². The van der Waals surface area contributed by atoms with E-state index >= 15 is 0 Å². The number of phenols is 1. The fraction of sp³-hybridized carbons (Fsp3) is 0.318. The maximum absolute atomic E-state index is 13.7. The minimum absolute atomic E-state index is 0.0277. The fourth-order valence-corrected chi connectivity index (χ4v) is 7.61. The number of phenolic OH excluding ortho intramolecular Hbond substituents is 1. The van der Waals surface area contributed by atoms with E-state index in [1.54, 1.807) is 0 Å². The predicted octanol–water partition coefficient (Wildman–Crippen LogP) is 2.58. The first-order valence-electron chi connectivity index (χ1n) is 19.3. The van der Waals surface area contributed by atoms with Gasteiger partial charge in [0.25, 0.3) is 5.91 Å². The number of hydrogen-bond acceptors (Lipinski definition) is 13. The first-order valence-corrected chi connectivity index (χ1v) is 19.3. The zero-order valence-electron chi connectivity index (χ0n) is 32.7. The number of benzene rings is 3. The number of aliphatic hydroxyl groups excluding tert-OH is 1. The Balaban J connectivity index is 1.32. The molecule has 0 radical (unpaired) electrons. The minimum atomic E-state index is -3.15. The van der Waals surface area contributed by atoms with Crippen LogP contribution in [0.5, 0.6) is 11.5 Å². The molecule has 60 heavy (non-hydrogen) atoms. The van der Waals surface area contributed by atoms with Gasteiger partial charge in [0.15, 0.2) is 23.6 Å². The van der Waals surface area contributed by atoms with E-state index in [1.165, 1.54) is 36.4 Å². The number of ether oxygens (including phenoxy) is 2. The number of carboxylic acids is 1. The highest BCUT2D eigenvalue weighted by atomic mass is 16.7. The molecule has 16 heteroatoms. The number of aliphatic carboxylic acids is 1. The van der Waals surface area contributed by atoms with E-state index in [2.05, 4.69) is 21.7 Å². The smallest absolute Gasteiger partial charge is 0.335 e. The van der Waals surface area contributed by atoms with Crippen molar-refractivity contribution in [3.63, 3.8) is 0 Å². The predicted molar refractivity (Wildman–Crippen MR) is 220 cm³/mol. The van der Waals surface area contributed by atoms with Crippen LogP contribution in [0.3, 0.4) is 0 Å². The number of carboxylic acid groups (broad SMARTS) is 1. The van der Waals surface area contributed by atoms with Gasteiger partial charge in [-0.15, -0.1) is 0 Å². The number of aromatic amines is 1. The number of nitrogens with one attached hydrogen (secondary N) is 3. The van der Waals surface area contributed by atoms with Gasteiger partial charge >= 0.3 is 5.97 Å². The Bertz CT molecular complexity index is 2350. The van der Waals surface area contributed by atoms with Crippen LogP contribution in [0.25, 0.3) is 28.2 Å². The molecule has 5 aromatic rings. The summed E-state index contributed by atoms with van der Waals surface area (Å²) in [5, 5.41) is 61.2. The molecule has 0 unspecified atom stereocenters. The first-order chi connectivity index (χ1) is 28.8. The number of fused-ring (bicyclic) bond motifs is 1. The standard InChI is InChI=1S/C44H48N4O12/c1-46-18-17-28(9-5-8-26-6-3-2-4-7-26)30(20-27-16-19-47-22-27)23-48-24-43(56)42(60-38(41(54)55)39(52)44(43,57)25-49)58-32-14-15-33-34(21-32)59-37(40(45)53)35(36(33)51)29-10-12-31(50)13-11-29/h2-8,10-16,19,21-22,25,28,30,38-39,42,46-48,50,52,56-57H,9,17-18,20,23-24H2,1H3,(H2,45,53)(H,54,55)/b8-5+/t28-,30-,38-,39+,42+,43-,44-/m0/s1. The number of primary amides is 1. The number of aromatic hydroxyl groups is 1. The van der Waals surface area contributed by atoms with Gasteiger partial charge in [-0.25, -0.2) is 4.79 Å². The maximum Gasteiger partial charge on any atom is 0.335 e. The summed E-state index contributed by atoms with van der Waals surface area (Å²) >= 11 is 0. The third-order valence-corrected chi connectivity index (χ3v) is 10.9. The lowest BCUT2D eigenvalue weighted by atomic mass is 9.74. The summed E-state index contributed by atoms with van der Waals surface area (Å²) in [6.07, 6.45) is 2.97. The molecule has 6 rings (SSSR count). The molecule has 316 valence electrons. The Morgan fingerprint density at radius 3 is 2.45 bits per heavy atom. The number of nitrogens with two attached hydrogens (primary N) is 1. The molecule has 0 aliphatic carbocycles. The number of rotatable bonds is 19. The van der Waals surface area contributed by atoms with Crippen LogP contribution in [0.4, 0.5) is 0 Å². The lowest BCUT2D eigenvalue weighted by Crippen LogP contribution is -2.79. The molecule has 1 aliphatic rings. The van der Waals surface area contributed by atoms with Gasteiger partial charge in [-0.3, -0.25) is 14.4 Å². The van der Waals surface area contributed by atoms with Crippen molar-refractivity contribution < 1.29 is 53.8 Å². The Labute approximate surface area is 344 Å². The summed E-state index contributed by atoms with van der Waals surface area (Å²) in [5.74, 6) is -3.64. The van der Waals surface area contributed by atoms with E-state index in [9.17, 15) is 44.7 Å². The Kier molecular flexibility index (Phi) is 13.6. The van der Waals surface area contributed by atoms with Crippen molar-refractivity contribution >= 4 is 35.2 Å². The molecule has 16 nitrogen and oxygen atoms in total. The quantitative estimate of drug-likeness (QED) is 0.0542. The van der Waals surface area contributed by atoms with Gasteiger partial charge in [0.05, 0.1) is 10.9 Å². The SMILES string of the molecule is CNCC[C@H](C/C=C/c1ccccc1)[C@H](CNC[C@]1(O)[C@H](Oc2ccc3c(=O)c(-c4ccc(O)cc4)c(C(N)=O)oc3c2)O[C@H](C(=O)O)[C@@H](O)[C@@]1(O)C=O)Cc1cc[nH]c1. The van der Waals surface area contributed by atoms with E-state index in [0.717, 1.165) is 23.6 Å². The highest BCUT2D eigenvalue weighted by Crippen LogP contribution is 2.39. The second kappa shape index (κ2) is 18.8. The van der Waals surface area contributed by atoms with Crippen LogP contribution < -0.4 is 26.5 Å². The molecule has 1 amide bonds. The second-order valence-corrected chi connectivity index (χ2v) is 14.9. The van der Waals surface area contributed by atoms with Crippen molar-refractivity contribution in [1.29, 1.82) is 0 Å². The zero-order valence-corrected chi connectivity index (χ0v) is 32.7. The molecule has 0 bridgehead atoms. The Morgan fingerprint density at radius 1 is 1.05 bits per heavy atom. The summed E-state index contributed by atoms with van der Waals surface area (Å²) in [6, 6.07) is 21.0. The summed E-state index contributed by atoms with van der Waals surface area (Å²) in [5.41, 5.74) is 0.914. The topological polar surface area (TPSA) is 267 Å². The molecular formula is C44H48N4O12. The van der Waals surface area contributed by atoms with Crippen molar-refractivity contribution in [2.24, 2.45) is 17.6 Å². The van der Waals surface area contributed by atoms with Gasteiger partial charge in [0, 0.05) is 25.0 Å². The monoisotopic (exact) mass is 824 g/mol. The van der Waals surface area contributed by atoms with Crippen molar-refractivity contribution in [3.05, 3.63) is 124 Å². The van der Waals surface area contributed by atoms with Crippen molar-refractivity contribution in [2.45, 2.75) is 49.0 Å². The van der Waals surface area contributed by atoms with Gasteiger partial charge in [0.2, 0.25) is 17.5 Å². The van der Waals surface area contributed by atoms with Crippen LogP contribution in [0.2, 0.25) is 0 Å². The molecule has 1 saturated heterocycles. The molecule has 3 aromatic carbocycles. The van der Waals surface area contributed by atoms with E-state index in [-0.39, 0.29) is 58.3 Å². The first kappa shape index (κ1) is 43.4. The van der Waals surface area contributed by atoms with Crippen LogP contribution in [0.15, 0.2) is 107 Å². The number of amides is 1. The zero-order chi connectivity index (χ0) is 43.0. The van der Waals surface area contributed by atoms with E-state index < -0.39 is 59.3 Å². The normalized spacial score (nSPS) is 22.7. The van der Waals surface area contributed by atoms with Crippen molar-refractivity contribution in [2.75, 3.05) is 26.7 Å². The van der Waals surface area contributed by atoms with Crippen LogP contribution in [0, 0.1) is 11.8 Å². The average molecular weight is 825 g/mol. The molecule has 7 atom stereocenters. The second-order valence-electron chi connectivity index (χ2n) is 14.9. The van der Waals surface area contributed by atoms with Crippen LogP contribution in [-0.4, -0.2) is 105 Å². The highest BCUT2D eigenvalue weighted by molar-refractivity contribution is 5.99. The Hall–Kier alpha value is -6.14. The largest absolute Gasteiger partial charge is 0.508 e. The molecule has 1 fully saturated rings. The van der Waals surface area contributed by atoms with Gasteiger partial charge in [-0.1, -0.05) is 54.6 Å². The molecular weight excluding hydrogens is 777 g/mol. The molecule has 1 aliphatic heterocycles. The van der Waals surface area contributed by atoms with E-state index in [0.29, 0.717) is 19.4 Å². The third-order valence-electron chi connectivity index (χ3n) is 10.9. The lowest BCUT2D eigenvalue weighted by Gasteiger charge is -2.51. The summed E-state index contributed by atoms with van der Waals surface area (Å²) in [6.45, 7) is 0.296. The van der Waals surface area contributed by atoms with Gasteiger partial charge in [0.1, 0.15) is 23.2 Å². The highest BCUT2D eigenvalue weighted by Gasteiger charge is 2.67. The number of H-pyrrole nitrogens is 1. The molecule has 10 N–H and O–H groups in total. The van der Waals surface area contributed by atoms with E-state index in [1.807, 2.05) is 61.9 Å². The number of carbonyl (C=O) groups is 3. The van der Waals surface area contributed by atoms with Crippen molar-refractivity contribution in [1.82, 2.24) is 15.6 Å². The number of carbonyl (C=O) groups excluding carboxylic acids is 2. The molecule has 2 aromatic heterocycles. The van der Waals surface area contributed by atoms with Crippen LogP contribution in [0.1, 0.15) is 34.5 Å². The number of aldehydes is 1.